The maximum absolute atomic E-state index is 13.9. The Morgan fingerprint density at radius 3 is 2.39 bits per heavy atom. The second-order valence-corrected chi connectivity index (χ2v) is 9.85. The molecule has 1 N–H and O–H groups in total. The van der Waals surface area contributed by atoms with Crippen LogP contribution in [-0.2, 0) is 9.53 Å². The molecule has 202 valence electrons. The van der Waals surface area contributed by atoms with E-state index >= 15 is 0 Å². The summed E-state index contributed by atoms with van der Waals surface area (Å²) in [7, 11) is 1.56. The van der Waals surface area contributed by atoms with Gasteiger partial charge in [-0.3, -0.25) is 19.3 Å². The van der Waals surface area contributed by atoms with Gasteiger partial charge in [0, 0.05) is 43.1 Å². The molecule has 0 radical (unpaired) electrons. The predicted molar refractivity (Wildman–Crippen MR) is 137 cm³/mol. The van der Waals surface area contributed by atoms with E-state index in [9.17, 15) is 14.4 Å². The van der Waals surface area contributed by atoms with Crippen LogP contribution in [0.1, 0.15) is 53.8 Å². The number of piperidine rings is 1. The zero-order chi connectivity index (χ0) is 26.9. The number of nitrogens with one attached hydrogen (secondary N) is 1. The van der Waals surface area contributed by atoms with Gasteiger partial charge in [-0.15, -0.1) is 0 Å². The molecule has 0 bridgehead atoms. The number of hydrogen-bond donors (Lipinski definition) is 1. The van der Waals surface area contributed by atoms with Crippen molar-refractivity contribution in [2.75, 3.05) is 33.6 Å². The average molecular weight is 524 g/mol. The van der Waals surface area contributed by atoms with Gasteiger partial charge in [0.2, 0.25) is 12.7 Å². The van der Waals surface area contributed by atoms with Gasteiger partial charge in [0.15, 0.2) is 11.5 Å². The predicted octanol–water partition coefficient (Wildman–Crippen LogP) is 2.81. The lowest BCUT2D eigenvalue weighted by molar-refractivity contribution is -0.128. The molecular weight excluding hydrogens is 490 g/mol. The van der Waals surface area contributed by atoms with E-state index in [1.54, 1.807) is 59.4 Å². The quantitative estimate of drug-likeness (QED) is 0.621. The molecule has 2 atom stereocenters. The van der Waals surface area contributed by atoms with E-state index in [4.69, 9.17) is 18.9 Å². The van der Waals surface area contributed by atoms with Crippen LogP contribution in [-0.4, -0.2) is 78.9 Å². The van der Waals surface area contributed by atoms with E-state index in [1.807, 2.05) is 13.8 Å². The molecule has 2 aromatic carbocycles. The number of hydrogen-bond acceptors (Lipinski definition) is 7. The van der Waals surface area contributed by atoms with E-state index < -0.39 is 11.8 Å². The number of nitrogens with zero attached hydrogens (tertiary/aromatic N) is 2. The van der Waals surface area contributed by atoms with Crippen molar-refractivity contribution >= 4 is 17.7 Å². The van der Waals surface area contributed by atoms with Gasteiger partial charge in [0.25, 0.3) is 11.8 Å². The Hall–Kier alpha value is -3.79. The first-order chi connectivity index (χ1) is 18.3. The van der Waals surface area contributed by atoms with Crippen LogP contribution in [0.2, 0.25) is 0 Å². The molecule has 10 heteroatoms. The van der Waals surface area contributed by atoms with Gasteiger partial charge in [0.05, 0.1) is 13.7 Å². The zero-order valence-electron chi connectivity index (χ0n) is 21.9. The topological polar surface area (TPSA) is 107 Å². The second kappa shape index (κ2) is 10.5. The molecule has 3 aliphatic heterocycles. The molecule has 2 aromatic rings. The highest BCUT2D eigenvalue weighted by molar-refractivity contribution is 5.99. The largest absolute Gasteiger partial charge is 0.497 e. The van der Waals surface area contributed by atoms with E-state index in [0.29, 0.717) is 54.3 Å². The Labute approximate surface area is 221 Å². The summed E-state index contributed by atoms with van der Waals surface area (Å²) in [6.07, 6.45) is 1.55. The fourth-order valence-corrected chi connectivity index (χ4v) is 5.15. The lowest BCUT2D eigenvalue weighted by Crippen LogP contribution is -2.60. The van der Waals surface area contributed by atoms with Crippen LogP contribution < -0.4 is 19.5 Å². The van der Waals surface area contributed by atoms with Crippen LogP contribution in [0.5, 0.6) is 17.2 Å². The summed E-state index contributed by atoms with van der Waals surface area (Å²) >= 11 is 0. The fraction of sp³-hybridized carbons (Fsp3) is 0.464. The van der Waals surface area contributed by atoms with Gasteiger partial charge in [-0.05, 0) is 55.8 Å². The monoisotopic (exact) mass is 523 g/mol. The highest BCUT2D eigenvalue weighted by Gasteiger charge is 2.54. The van der Waals surface area contributed by atoms with Crippen molar-refractivity contribution in [2.45, 2.75) is 50.9 Å². The summed E-state index contributed by atoms with van der Waals surface area (Å²) in [5.41, 5.74) is -0.0365. The number of ether oxygens (including phenoxy) is 4. The van der Waals surface area contributed by atoms with Crippen molar-refractivity contribution in [3.63, 3.8) is 0 Å². The molecule has 3 amide bonds. The lowest BCUT2D eigenvalue weighted by Gasteiger charge is -2.44. The second-order valence-electron chi connectivity index (χ2n) is 9.85. The standard InChI is InChI=1S/C28H33N3O7/c1-4-18(2)29-25(32)22-16-38-28(31(22)27(34)19-5-8-21(35-3)9-6-19)11-13-30(14-12-28)26(33)20-7-10-23-24(15-20)37-17-36-23/h5-10,15,18,22H,4,11-14,16-17H2,1-3H3,(H,29,32)/t18-,22-/m1/s1. The van der Waals surface area contributed by atoms with Crippen molar-refractivity contribution in [1.82, 2.24) is 15.1 Å². The van der Waals surface area contributed by atoms with E-state index in [2.05, 4.69) is 5.32 Å². The van der Waals surface area contributed by atoms with Crippen LogP contribution in [0.25, 0.3) is 0 Å². The molecular formula is C28H33N3O7. The molecule has 0 unspecified atom stereocenters. The number of amides is 3. The molecule has 2 saturated heterocycles. The molecule has 3 heterocycles. The third-order valence-electron chi connectivity index (χ3n) is 7.57. The Morgan fingerprint density at radius 2 is 1.71 bits per heavy atom. The molecule has 0 aromatic heterocycles. The number of benzene rings is 2. The number of methoxy groups -OCH3 is 1. The third kappa shape index (κ3) is 4.76. The Kier molecular flexibility index (Phi) is 7.16. The first-order valence-electron chi connectivity index (χ1n) is 13.0. The van der Waals surface area contributed by atoms with Crippen molar-refractivity contribution in [1.29, 1.82) is 0 Å². The summed E-state index contributed by atoms with van der Waals surface area (Å²) in [6, 6.07) is 11.2. The average Bonchev–Trinajstić information content (AvgIpc) is 3.57. The van der Waals surface area contributed by atoms with Crippen LogP contribution in [0.15, 0.2) is 42.5 Å². The van der Waals surface area contributed by atoms with Crippen molar-refractivity contribution in [3.05, 3.63) is 53.6 Å². The minimum absolute atomic E-state index is 0.0295. The minimum Gasteiger partial charge on any atom is -0.497 e. The molecule has 3 aliphatic rings. The van der Waals surface area contributed by atoms with E-state index in [-0.39, 0.29) is 37.2 Å². The SMILES string of the molecule is CC[C@@H](C)NC(=O)[C@H]1COC2(CCN(C(=O)c3ccc4c(c3)OCO4)CC2)N1C(=O)c1ccc(OC)cc1. The lowest BCUT2D eigenvalue weighted by atomic mass is 9.96. The first kappa shape index (κ1) is 25.8. The number of rotatable bonds is 6. The normalized spacial score (nSPS) is 20.3. The first-order valence-corrected chi connectivity index (χ1v) is 13.0. The molecule has 5 rings (SSSR count). The minimum atomic E-state index is -0.986. The van der Waals surface area contributed by atoms with Gasteiger partial charge >= 0.3 is 0 Å². The summed E-state index contributed by atoms with van der Waals surface area (Å²) < 4.78 is 22.3. The molecule has 0 saturated carbocycles. The number of likely N-dealkylation sites (tertiary alicyclic amines) is 1. The number of fused-ring (bicyclic) bond motifs is 1. The summed E-state index contributed by atoms with van der Waals surface area (Å²) in [6.45, 7) is 4.91. The molecule has 10 nitrogen and oxygen atoms in total. The van der Waals surface area contributed by atoms with Crippen molar-refractivity contribution < 1.29 is 33.3 Å². The highest BCUT2D eigenvalue weighted by Crippen LogP contribution is 2.39. The van der Waals surface area contributed by atoms with Gasteiger partial charge in [0.1, 0.15) is 17.5 Å². The maximum Gasteiger partial charge on any atom is 0.256 e. The summed E-state index contributed by atoms with van der Waals surface area (Å²) in [5.74, 6) is 1.15. The third-order valence-corrected chi connectivity index (χ3v) is 7.57. The highest BCUT2D eigenvalue weighted by atomic mass is 16.7. The van der Waals surface area contributed by atoms with Crippen LogP contribution in [0, 0.1) is 0 Å². The number of carbonyl (C=O) groups excluding carboxylic acids is 3. The van der Waals surface area contributed by atoms with E-state index in [1.165, 1.54) is 0 Å². The van der Waals surface area contributed by atoms with Gasteiger partial charge in [-0.2, -0.15) is 0 Å². The van der Waals surface area contributed by atoms with Gasteiger partial charge < -0.3 is 29.2 Å². The van der Waals surface area contributed by atoms with Gasteiger partial charge in [-0.25, -0.2) is 0 Å². The molecule has 2 fully saturated rings. The Morgan fingerprint density at radius 1 is 1.03 bits per heavy atom. The zero-order valence-corrected chi connectivity index (χ0v) is 21.9. The molecule has 0 aliphatic carbocycles. The van der Waals surface area contributed by atoms with Gasteiger partial charge in [-0.1, -0.05) is 6.92 Å². The fourth-order valence-electron chi connectivity index (χ4n) is 5.15. The maximum atomic E-state index is 13.9. The Balaban J connectivity index is 1.36. The van der Waals surface area contributed by atoms with Crippen LogP contribution >= 0.6 is 0 Å². The van der Waals surface area contributed by atoms with Crippen molar-refractivity contribution in [3.8, 4) is 17.2 Å². The van der Waals surface area contributed by atoms with Crippen LogP contribution in [0.3, 0.4) is 0 Å². The number of carbonyl (C=O) groups is 3. The summed E-state index contributed by atoms with van der Waals surface area (Å²) in [4.78, 5) is 43.7. The summed E-state index contributed by atoms with van der Waals surface area (Å²) in [5, 5.41) is 3.00. The molecule has 1 spiro atoms. The Bertz CT molecular complexity index is 1210. The molecule has 38 heavy (non-hydrogen) atoms. The van der Waals surface area contributed by atoms with E-state index in [0.717, 1.165) is 6.42 Å². The smallest absolute Gasteiger partial charge is 0.256 e. The van der Waals surface area contributed by atoms with Crippen LogP contribution in [0.4, 0.5) is 0 Å². The van der Waals surface area contributed by atoms with Crippen molar-refractivity contribution in [2.24, 2.45) is 0 Å².